The molecule has 32 heavy (non-hydrogen) atoms. The molecule has 1 aromatic carbocycles. The molecule has 3 fully saturated rings. The molecule has 4 rings (SSSR count). The lowest BCUT2D eigenvalue weighted by Gasteiger charge is -2.39. The number of benzene rings is 1. The number of hydrogen-bond donors (Lipinski definition) is 1. The number of piperidine rings is 1. The average molecular weight is 447 g/mol. The molecule has 0 aromatic heterocycles. The molecule has 7 nitrogen and oxygen atoms in total. The monoisotopic (exact) mass is 446 g/mol. The van der Waals surface area contributed by atoms with Crippen molar-refractivity contribution in [3.05, 3.63) is 30.1 Å². The van der Waals surface area contributed by atoms with E-state index in [0.29, 0.717) is 25.9 Å². The van der Waals surface area contributed by atoms with E-state index in [2.05, 4.69) is 9.80 Å². The van der Waals surface area contributed by atoms with Gasteiger partial charge < -0.3 is 20.3 Å². The molecule has 2 N–H and O–H groups in total. The number of ether oxygens (including phenoxy) is 1. The first-order chi connectivity index (χ1) is 15.2. The van der Waals surface area contributed by atoms with E-state index < -0.39 is 11.0 Å². The van der Waals surface area contributed by atoms with Gasteiger partial charge in [-0.2, -0.15) is 0 Å². The predicted molar refractivity (Wildman–Crippen MR) is 121 cm³/mol. The number of rotatable bonds is 5. The number of nitrogens with zero attached hydrogens (tertiary/aromatic N) is 3. The van der Waals surface area contributed by atoms with E-state index in [0.717, 1.165) is 51.3 Å². The number of piperazine rings is 1. The zero-order chi connectivity index (χ0) is 22.9. The number of carbonyl (C=O) groups is 2. The van der Waals surface area contributed by atoms with Crippen LogP contribution in [0.25, 0.3) is 0 Å². The topological polar surface area (TPSA) is 79.1 Å². The molecule has 0 saturated carbocycles. The molecule has 3 aliphatic heterocycles. The zero-order valence-electron chi connectivity index (χ0n) is 19.2. The van der Waals surface area contributed by atoms with Gasteiger partial charge in [0.15, 0.2) is 0 Å². The number of halogens is 1. The molecule has 0 aliphatic carbocycles. The molecule has 1 amide bonds. The first kappa shape index (κ1) is 23.0. The van der Waals surface area contributed by atoms with Crippen LogP contribution in [0.2, 0.25) is 0 Å². The maximum absolute atomic E-state index is 13.1. The van der Waals surface area contributed by atoms with Crippen LogP contribution in [0.5, 0.6) is 0 Å². The van der Waals surface area contributed by atoms with E-state index in [-0.39, 0.29) is 23.8 Å². The van der Waals surface area contributed by atoms with E-state index in [4.69, 9.17) is 10.5 Å². The summed E-state index contributed by atoms with van der Waals surface area (Å²) in [7, 11) is 0. The summed E-state index contributed by atoms with van der Waals surface area (Å²) in [6, 6.07) is 6.66. The second kappa shape index (κ2) is 8.98. The summed E-state index contributed by atoms with van der Waals surface area (Å²) in [5.74, 6) is -0.366. The van der Waals surface area contributed by atoms with Gasteiger partial charge in [-0.15, -0.1) is 0 Å². The lowest BCUT2D eigenvalue weighted by Crippen LogP contribution is -2.55. The van der Waals surface area contributed by atoms with Crippen LogP contribution in [-0.4, -0.2) is 79.1 Å². The normalized spacial score (nSPS) is 24.1. The molecule has 1 spiro atoms. The molecule has 0 unspecified atom stereocenters. The Bertz CT molecular complexity index is 823. The van der Waals surface area contributed by atoms with Crippen molar-refractivity contribution < 1.29 is 18.7 Å². The van der Waals surface area contributed by atoms with Gasteiger partial charge in [-0.1, -0.05) is 0 Å². The van der Waals surface area contributed by atoms with Crippen LogP contribution in [0, 0.1) is 11.2 Å². The number of anilines is 1. The van der Waals surface area contributed by atoms with Crippen LogP contribution in [0.4, 0.5) is 10.1 Å². The molecule has 3 aliphatic rings. The molecule has 0 bridgehead atoms. The summed E-state index contributed by atoms with van der Waals surface area (Å²) in [4.78, 5) is 31.6. The van der Waals surface area contributed by atoms with Gasteiger partial charge in [0.25, 0.3) is 0 Å². The summed E-state index contributed by atoms with van der Waals surface area (Å²) in [5.41, 5.74) is 5.68. The predicted octanol–water partition coefficient (Wildman–Crippen LogP) is 2.00. The third kappa shape index (κ3) is 4.91. The van der Waals surface area contributed by atoms with E-state index in [1.54, 1.807) is 18.7 Å². The Kier molecular flexibility index (Phi) is 6.45. The minimum Gasteiger partial charge on any atom is -0.462 e. The van der Waals surface area contributed by atoms with Crippen molar-refractivity contribution in [3.63, 3.8) is 0 Å². The molecule has 1 aromatic rings. The van der Waals surface area contributed by atoms with E-state index in [1.165, 1.54) is 12.1 Å². The van der Waals surface area contributed by atoms with Crippen molar-refractivity contribution in [3.8, 4) is 0 Å². The van der Waals surface area contributed by atoms with Gasteiger partial charge >= 0.3 is 5.97 Å². The fourth-order valence-corrected chi connectivity index (χ4v) is 5.16. The van der Waals surface area contributed by atoms with Gasteiger partial charge in [0.2, 0.25) is 5.91 Å². The number of cyclic esters (lactones) is 1. The quantitative estimate of drug-likeness (QED) is 0.697. The lowest BCUT2D eigenvalue weighted by molar-refractivity contribution is -0.153. The van der Waals surface area contributed by atoms with Gasteiger partial charge in [0, 0.05) is 57.9 Å². The Morgan fingerprint density at radius 1 is 1.12 bits per heavy atom. The molecule has 8 heteroatoms. The summed E-state index contributed by atoms with van der Waals surface area (Å²) in [5, 5.41) is 0. The van der Waals surface area contributed by atoms with Crippen molar-refractivity contribution >= 4 is 17.6 Å². The Morgan fingerprint density at radius 2 is 1.75 bits per heavy atom. The van der Waals surface area contributed by atoms with E-state index in [9.17, 15) is 14.0 Å². The van der Waals surface area contributed by atoms with Gasteiger partial charge in [-0.25, -0.2) is 4.39 Å². The summed E-state index contributed by atoms with van der Waals surface area (Å²) >= 11 is 0. The third-order valence-corrected chi connectivity index (χ3v) is 7.22. The Labute approximate surface area is 189 Å². The number of likely N-dealkylation sites (tertiary alicyclic amines) is 1. The summed E-state index contributed by atoms with van der Waals surface area (Å²) in [6.07, 6.45) is 2.84. The van der Waals surface area contributed by atoms with Gasteiger partial charge in [-0.3, -0.25) is 14.5 Å². The van der Waals surface area contributed by atoms with Crippen molar-refractivity contribution in [1.82, 2.24) is 9.80 Å². The Hall–Kier alpha value is -2.19. The highest BCUT2D eigenvalue weighted by Gasteiger charge is 2.51. The van der Waals surface area contributed by atoms with E-state index in [1.807, 2.05) is 12.1 Å². The largest absolute Gasteiger partial charge is 0.462 e. The molecule has 176 valence electrons. The number of nitrogens with two attached hydrogens (primary N) is 1. The number of amides is 1. The van der Waals surface area contributed by atoms with Crippen LogP contribution >= 0.6 is 0 Å². The minimum atomic E-state index is -0.885. The molecule has 3 saturated heterocycles. The maximum atomic E-state index is 13.1. The van der Waals surface area contributed by atoms with E-state index >= 15 is 0 Å². The standard InChI is InChI=1S/C24H35FN4O3/c1-23(2,26)21(30)29-11-8-24(9-12-29)17-20(32-22(24)31)7-10-27-13-15-28(16-14-27)19-5-3-18(25)4-6-19/h3-6,20H,7-17,26H2,1-2H3/t20-/m0/s1. The maximum Gasteiger partial charge on any atom is 0.312 e. The number of hydrogen-bond acceptors (Lipinski definition) is 6. The highest BCUT2D eigenvalue weighted by Crippen LogP contribution is 2.44. The third-order valence-electron chi connectivity index (χ3n) is 7.22. The highest BCUT2D eigenvalue weighted by atomic mass is 19.1. The number of carbonyl (C=O) groups excluding carboxylic acids is 2. The highest BCUT2D eigenvalue weighted by molar-refractivity contribution is 5.86. The summed E-state index contributed by atoms with van der Waals surface area (Å²) < 4.78 is 18.9. The average Bonchev–Trinajstić information content (AvgIpc) is 3.07. The first-order valence-electron chi connectivity index (χ1n) is 11.7. The Balaban J connectivity index is 1.22. The second-order valence-corrected chi connectivity index (χ2v) is 10.1. The molecular weight excluding hydrogens is 411 g/mol. The molecule has 0 radical (unpaired) electrons. The van der Waals surface area contributed by atoms with Crippen molar-refractivity contribution in [2.75, 3.05) is 50.7 Å². The van der Waals surface area contributed by atoms with Gasteiger partial charge in [-0.05, 0) is 57.4 Å². The SMILES string of the molecule is CC(C)(N)C(=O)N1CCC2(CC1)C[C@H](CCN1CCN(c3ccc(F)cc3)CC1)OC2=O. The fourth-order valence-electron chi connectivity index (χ4n) is 5.16. The number of esters is 1. The lowest BCUT2D eigenvalue weighted by atomic mass is 9.75. The van der Waals surface area contributed by atoms with Crippen LogP contribution in [0.3, 0.4) is 0 Å². The van der Waals surface area contributed by atoms with Crippen molar-refractivity contribution in [1.29, 1.82) is 0 Å². The Morgan fingerprint density at radius 3 is 2.34 bits per heavy atom. The molecular formula is C24H35FN4O3. The molecule has 3 heterocycles. The molecule has 1 atom stereocenters. The van der Waals surface area contributed by atoms with Crippen LogP contribution < -0.4 is 10.6 Å². The van der Waals surface area contributed by atoms with Crippen LogP contribution in [0.1, 0.15) is 39.5 Å². The van der Waals surface area contributed by atoms with Gasteiger partial charge in [0.05, 0.1) is 11.0 Å². The summed E-state index contributed by atoms with van der Waals surface area (Å²) in [6.45, 7) is 9.15. The van der Waals surface area contributed by atoms with Gasteiger partial charge in [0.1, 0.15) is 11.9 Å². The van der Waals surface area contributed by atoms with Crippen LogP contribution in [0.15, 0.2) is 24.3 Å². The second-order valence-electron chi connectivity index (χ2n) is 10.1. The van der Waals surface area contributed by atoms with Crippen molar-refractivity contribution in [2.45, 2.75) is 51.2 Å². The van der Waals surface area contributed by atoms with Crippen LogP contribution in [-0.2, 0) is 14.3 Å². The zero-order valence-corrected chi connectivity index (χ0v) is 19.2. The fraction of sp³-hybridized carbons (Fsp3) is 0.667. The first-order valence-corrected chi connectivity index (χ1v) is 11.7. The minimum absolute atomic E-state index is 0.0502. The van der Waals surface area contributed by atoms with Crippen molar-refractivity contribution in [2.24, 2.45) is 11.1 Å². The smallest absolute Gasteiger partial charge is 0.312 e.